The first-order valence-corrected chi connectivity index (χ1v) is 9.91. The molecule has 3 heterocycles. The van der Waals surface area contributed by atoms with Crippen LogP contribution in [0.1, 0.15) is 11.4 Å². The van der Waals surface area contributed by atoms with Crippen molar-refractivity contribution in [1.29, 1.82) is 0 Å². The van der Waals surface area contributed by atoms with Crippen molar-refractivity contribution < 1.29 is 17.9 Å². The van der Waals surface area contributed by atoms with Crippen LogP contribution in [0.3, 0.4) is 0 Å². The molecule has 1 aliphatic rings. The Morgan fingerprint density at radius 2 is 1.96 bits per heavy atom. The molecule has 2 aromatic rings. The number of anilines is 1. The molecule has 1 unspecified atom stereocenters. The Kier molecular flexibility index (Phi) is 5.73. The number of aryl methyl sites for hydroxylation is 2. The molecule has 1 atom stereocenters. The van der Waals surface area contributed by atoms with E-state index >= 15 is 0 Å². The van der Waals surface area contributed by atoms with Crippen molar-refractivity contribution >= 4 is 24.9 Å². The van der Waals surface area contributed by atoms with Gasteiger partial charge in [0.2, 0.25) is 5.95 Å². The highest BCUT2D eigenvalue weighted by Crippen LogP contribution is 2.54. The minimum atomic E-state index is -4.23. The zero-order valence-electron chi connectivity index (χ0n) is 14.5. The summed E-state index contributed by atoms with van der Waals surface area (Å²) in [6.07, 6.45) is 0.170. The molecule has 0 aromatic carbocycles. The van der Waals surface area contributed by atoms with E-state index in [1.807, 2.05) is 24.0 Å². The van der Waals surface area contributed by atoms with E-state index in [1.54, 1.807) is 0 Å². The molecule has 0 amide bonds. The third kappa shape index (κ3) is 4.30. The number of fused-ring (bicyclic) bond motifs is 1. The molecule has 1 saturated heterocycles. The lowest BCUT2D eigenvalue weighted by Gasteiger charge is -2.27. The van der Waals surface area contributed by atoms with Crippen LogP contribution in [0.5, 0.6) is 0 Å². The number of pyridine rings is 1. The van der Waals surface area contributed by atoms with Crippen LogP contribution in [-0.4, -0.2) is 53.3 Å². The van der Waals surface area contributed by atoms with Crippen LogP contribution in [0.15, 0.2) is 24.5 Å². The van der Waals surface area contributed by atoms with Gasteiger partial charge in [-0.25, -0.2) is 9.97 Å². The predicted octanol–water partition coefficient (Wildman–Crippen LogP) is 3.86. The summed E-state index contributed by atoms with van der Waals surface area (Å²) in [6.45, 7) is 7.66. The maximum atomic E-state index is 13.1. The SMILES string of the molecule is C=CP(CCc1nc(N2CCOCC2)nc2nc(C)ccc12)C(F)(F)F. The number of halogens is 3. The number of morpholine rings is 1. The van der Waals surface area contributed by atoms with Gasteiger partial charge < -0.3 is 9.64 Å². The Morgan fingerprint density at radius 1 is 1.23 bits per heavy atom. The molecule has 0 spiro atoms. The highest BCUT2D eigenvalue weighted by atomic mass is 31.1. The summed E-state index contributed by atoms with van der Waals surface area (Å²) in [5.74, 6) is -2.71. The molecule has 26 heavy (non-hydrogen) atoms. The molecule has 9 heteroatoms. The molecule has 1 aliphatic heterocycles. The molecule has 0 radical (unpaired) electrons. The second kappa shape index (κ2) is 7.84. The maximum absolute atomic E-state index is 13.1. The van der Waals surface area contributed by atoms with Crippen LogP contribution in [0.2, 0.25) is 0 Å². The molecule has 0 bridgehead atoms. The van der Waals surface area contributed by atoms with Crippen molar-refractivity contribution in [3.05, 3.63) is 35.9 Å². The minimum Gasteiger partial charge on any atom is -0.378 e. The van der Waals surface area contributed by atoms with Gasteiger partial charge in [0.25, 0.3) is 0 Å². The molecule has 1 fully saturated rings. The van der Waals surface area contributed by atoms with Crippen LogP contribution in [0.25, 0.3) is 11.0 Å². The van der Waals surface area contributed by atoms with Crippen LogP contribution in [0, 0.1) is 6.92 Å². The van der Waals surface area contributed by atoms with Crippen molar-refractivity contribution in [2.75, 3.05) is 37.4 Å². The minimum absolute atomic E-state index is 0.0368. The van der Waals surface area contributed by atoms with Gasteiger partial charge in [-0.2, -0.15) is 18.2 Å². The number of ether oxygens (including phenoxy) is 1. The fraction of sp³-hybridized carbons (Fsp3) is 0.471. The molecule has 2 aromatic heterocycles. The molecule has 5 nitrogen and oxygen atoms in total. The van der Waals surface area contributed by atoms with Gasteiger partial charge in [-0.1, -0.05) is 12.4 Å². The third-order valence-electron chi connectivity index (χ3n) is 4.20. The Labute approximate surface area is 151 Å². The van der Waals surface area contributed by atoms with Crippen LogP contribution in [-0.2, 0) is 11.2 Å². The summed E-state index contributed by atoms with van der Waals surface area (Å²) < 4.78 is 44.5. The first-order valence-electron chi connectivity index (χ1n) is 8.31. The van der Waals surface area contributed by atoms with E-state index in [1.165, 1.54) is 0 Å². The molecule has 140 valence electrons. The van der Waals surface area contributed by atoms with Gasteiger partial charge in [0.05, 0.1) is 18.9 Å². The maximum Gasteiger partial charge on any atom is 0.408 e. The fourth-order valence-corrected chi connectivity index (χ4v) is 3.89. The highest BCUT2D eigenvalue weighted by molar-refractivity contribution is 7.61. The topological polar surface area (TPSA) is 51.1 Å². The van der Waals surface area contributed by atoms with E-state index < -0.39 is 13.8 Å². The lowest BCUT2D eigenvalue weighted by atomic mass is 10.2. The standard InChI is InChI=1S/C17H20F3N4OP/c1-3-26(17(18,19)20)11-6-14-13-5-4-12(2)21-15(13)23-16(22-14)24-7-9-25-10-8-24/h3-5H,1,6-11H2,2H3. The van der Waals surface area contributed by atoms with E-state index in [4.69, 9.17) is 4.74 Å². The quantitative estimate of drug-likeness (QED) is 0.733. The lowest BCUT2D eigenvalue weighted by Crippen LogP contribution is -2.37. The summed E-state index contributed by atoms with van der Waals surface area (Å²) in [4.78, 5) is 15.5. The predicted molar refractivity (Wildman–Crippen MR) is 96.8 cm³/mol. The van der Waals surface area contributed by atoms with Gasteiger partial charge in [0, 0.05) is 32.1 Å². The average molecular weight is 384 g/mol. The highest BCUT2D eigenvalue weighted by Gasteiger charge is 2.36. The zero-order chi connectivity index (χ0) is 18.7. The largest absolute Gasteiger partial charge is 0.408 e. The van der Waals surface area contributed by atoms with Crippen molar-refractivity contribution in [2.24, 2.45) is 0 Å². The monoisotopic (exact) mass is 384 g/mol. The zero-order valence-corrected chi connectivity index (χ0v) is 15.4. The Bertz CT molecular complexity index is 793. The summed E-state index contributed by atoms with van der Waals surface area (Å²) >= 11 is 0. The van der Waals surface area contributed by atoms with Gasteiger partial charge in [-0.3, -0.25) is 0 Å². The average Bonchev–Trinajstić information content (AvgIpc) is 2.61. The van der Waals surface area contributed by atoms with Crippen molar-refractivity contribution in [1.82, 2.24) is 15.0 Å². The number of alkyl halides is 3. The summed E-state index contributed by atoms with van der Waals surface area (Å²) in [6, 6.07) is 3.66. The van der Waals surface area contributed by atoms with E-state index in [9.17, 15) is 13.2 Å². The van der Waals surface area contributed by atoms with Crippen LogP contribution < -0.4 is 4.90 Å². The molecular formula is C17H20F3N4OP. The smallest absolute Gasteiger partial charge is 0.378 e. The summed E-state index contributed by atoms with van der Waals surface area (Å²) in [5.41, 5.74) is 1.92. The normalized spacial score (nSPS) is 16.7. The molecule has 0 saturated carbocycles. The van der Waals surface area contributed by atoms with E-state index in [0.29, 0.717) is 49.0 Å². The van der Waals surface area contributed by atoms with E-state index in [0.717, 1.165) is 11.5 Å². The van der Waals surface area contributed by atoms with Gasteiger partial charge in [0.15, 0.2) is 5.65 Å². The molecule has 3 rings (SSSR count). The van der Waals surface area contributed by atoms with Crippen LogP contribution in [0.4, 0.5) is 19.1 Å². The number of hydrogen-bond acceptors (Lipinski definition) is 5. The Balaban J connectivity index is 1.95. The number of nitrogens with zero attached hydrogens (tertiary/aromatic N) is 4. The van der Waals surface area contributed by atoms with Crippen molar-refractivity contribution in [2.45, 2.75) is 19.3 Å². The van der Waals surface area contributed by atoms with Crippen LogP contribution >= 0.6 is 7.92 Å². The molecule has 0 N–H and O–H groups in total. The fourth-order valence-electron chi connectivity index (χ4n) is 2.80. The first-order chi connectivity index (χ1) is 12.4. The number of hydrogen-bond donors (Lipinski definition) is 0. The molecule has 0 aliphatic carbocycles. The van der Waals surface area contributed by atoms with Crippen molar-refractivity contribution in [3.8, 4) is 0 Å². The number of rotatable bonds is 5. The Morgan fingerprint density at radius 3 is 2.62 bits per heavy atom. The number of aromatic nitrogens is 3. The lowest BCUT2D eigenvalue weighted by molar-refractivity contribution is -0.0392. The summed E-state index contributed by atoms with van der Waals surface area (Å²) in [7, 11) is -2.26. The van der Waals surface area contributed by atoms with Crippen molar-refractivity contribution in [3.63, 3.8) is 0 Å². The second-order valence-electron chi connectivity index (χ2n) is 5.99. The second-order valence-corrected chi connectivity index (χ2v) is 8.25. The van der Waals surface area contributed by atoms with Gasteiger partial charge in [-0.05, 0) is 31.6 Å². The van der Waals surface area contributed by atoms with Gasteiger partial charge >= 0.3 is 5.92 Å². The van der Waals surface area contributed by atoms with E-state index in [-0.39, 0.29) is 12.6 Å². The van der Waals surface area contributed by atoms with Gasteiger partial charge in [0.1, 0.15) is 0 Å². The van der Waals surface area contributed by atoms with Gasteiger partial charge in [-0.15, -0.1) is 0 Å². The van der Waals surface area contributed by atoms with E-state index in [2.05, 4.69) is 21.5 Å². The first kappa shape index (κ1) is 19.0. The Hall–Kier alpha value is -1.79. The molecular weight excluding hydrogens is 364 g/mol. The third-order valence-corrected chi connectivity index (χ3v) is 5.99. The summed E-state index contributed by atoms with van der Waals surface area (Å²) in [5, 5.41) is 0.703.